The number of halogens is 2. The molecule has 0 atom stereocenters. The number of aromatic nitrogens is 5. The van der Waals surface area contributed by atoms with E-state index in [9.17, 15) is 8.78 Å². The summed E-state index contributed by atoms with van der Waals surface area (Å²) in [4.78, 5) is 7.71. The van der Waals surface area contributed by atoms with E-state index in [0.717, 1.165) is 48.3 Å². The molecule has 2 aromatic heterocycles. The first-order chi connectivity index (χ1) is 17.2. The second-order valence-electron chi connectivity index (χ2n) is 8.22. The van der Waals surface area contributed by atoms with E-state index in [4.69, 9.17) is 9.47 Å². The van der Waals surface area contributed by atoms with Crippen molar-refractivity contribution in [3.05, 3.63) is 78.9 Å². The average Bonchev–Trinajstić information content (AvgIpc) is 3.59. The monoisotopic (exact) mass is 478 g/mol. The van der Waals surface area contributed by atoms with Crippen LogP contribution in [0.3, 0.4) is 0 Å². The Labute approximate surface area is 201 Å². The summed E-state index contributed by atoms with van der Waals surface area (Å²) in [5, 5.41) is 11.7. The van der Waals surface area contributed by atoms with E-state index >= 15 is 0 Å². The number of rotatable bonds is 9. The minimum absolute atomic E-state index is 0.00786. The smallest absolute Gasteiger partial charge is 0.387 e. The first-order valence-corrected chi connectivity index (χ1v) is 11.4. The van der Waals surface area contributed by atoms with E-state index in [2.05, 4.69) is 25.3 Å². The van der Waals surface area contributed by atoms with Crippen LogP contribution in [0.1, 0.15) is 31.2 Å². The highest BCUT2D eigenvalue weighted by Gasteiger charge is 2.22. The minimum Gasteiger partial charge on any atom is -0.486 e. The molecule has 4 aromatic rings. The predicted molar refractivity (Wildman–Crippen MR) is 125 cm³/mol. The van der Waals surface area contributed by atoms with Crippen molar-refractivity contribution in [3.8, 4) is 17.2 Å². The first kappa shape index (κ1) is 22.7. The largest absolute Gasteiger partial charge is 0.486 e. The lowest BCUT2D eigenvalue weighted by molar-refractivity contribution is -0.0520. The van der Waals surface area contributed by atoms with Gasteiger partial charge in [0, 0.05) is 36.4 Å². The summed E-state index contributed by atoms with van der Waals surface area (Å²) < 4.78 is 37.0. The van der Waals surface area contributed by atoms with Gasteiger partial charge in [0.05, 0.1) is 11.8 Å². The van der Waals surface area contributed by atoms with Crippen molar-refractivity contribution in [2.75, 3.05) is 4.90 Å². The van der Waals surface area contributed by atoms with Gasteiger partial charge in [0.15, 0.2) is 17.8 Å². The van der Waals surface area contributed by atoms with Crippen LogP contribution in [0.15, 0.2) is 73.3 Å². The van der Waals surface area contributed by atoms with Crippen LogP contribution in [-0.2, 0) is 6.54 Å². The molecule has 2 heterocycles. The van der Waals surface area contributed by atoms with Gasteiger partial charge >= 0.3 is 6.61 Å². The van der Waals surface area contributed by atoms with Gasteiger partial charge in [0.25, 0.3) is 0 Å². The molecule has 0 saturated heterocycles. The Hall–Kier alpha value is -4.08. The molecule has 1 saturated carbocycles. The van der Waals surface area contributed by atoms with Crippen LogP contribution >= 0.6 is 0 Å². The van der Waals surface area contributed by atoms with Crippen LogP contribution in [0.25, 0.3) is 5.69 Å². The first-order valence-electron chi connectivity index (χ1n) is 11.4. The molecule has 35 heavy (non-hydrogen) atoms. The van der Waals surface area contributed by atoms with Crippen molar-refractivity contribution in [1.82, 2.24) is 25.2 Å². The Kier molecular flexibility index (Phi) is 6.78. The van der Waals surface area contributed by atoms with Crippen molar-refractivity contribution < 1.29 is 18.3 Å². The fourth-order valence-electron chi connectivity index (χ4n) is 4.19. The molecule has 180 valence electrons. The highest BCUT2D eigenvalue weighted by molar-refractivity contribution is 5.67. The van der Waals surface area contributed by atoms with Crippen molar-refractivity contribution >= 4 is 11.4 Å². The quantitative estimate of drug-likeness (QED) is 0.322. The van der Waals surface area contributed by atoms with Crippen LogP contribution in [0.5, 0.6) is 11.5 Å². The van der Waals surface area contributed by atoms with Crippen LogP contribution in [-0.4, -0.2) is 37.9 Å². The number of hydrogen-bond acceptors (Lipinski definition) is 7. The summed E-state index contributed by atoms with van der Waals surface area (Å²) in [5.41, 5.74) is 3.40. The van der Waals surface area contributed by atoms with Gasteiger partial charge in [-0.15, -0.1) is 15.0 Å². The zero-order valence-corrected chi connectivity index (χ0v) is 18.9. The predicted octanol–water partition coefficient (Wildman–Crippen LogP) is 5.32. The number of nitrogens with zero attached hydrogens (tertiary/aromatic N) is 6. The molecule has 0 bridgehead atoms. The standard InChI is InChI=1S/C25H24F2N6O2/c26-25(27)35-23-12-11-21(14-24(23)34-22-5-1-2-6-22)32(16-18-4-3-13-28-15-18)19-7-9-20(10-8-19)33-30-17-29-31-33/h3-4,7-15,17,22,25H,1-2,5-6,16H2. The van der Waals surface area contributed by atoms with E-state index in [0.29, 0.717) is 12.3 Å². The molecule has 1 aliphatic rings. The molecular weight excluding hydrogens is 454 g/mol. The number of ether oxygens (including phenoxy) is 2. The van der Waals surface area contributed by atoms with Crippen LogP contribution in [0.4, 0.5) is 20.2 Å². The van der Waals surface area contributed by atoms with Crippen molar-refractivity contribution in [1.29, 1.82) is 0 Å². The number of tetrazole rings is 1. The summed E-state index contributed by atoms with van der Waals surface area (Å²) in [6, 6.07) is 16.6. The highest BCUT2D eigenvalue weighted by Crippen LogP contribution is 2.38. The van der Waals surface area contributed by atoms with Gasteiger partial charge in [-0.05, 0) is 78.9 Å². The van der Waals surface area contributed by atoms with Gasteiger partial charge in [-0.25, -0.2) is 0 Å². The topological polar surface area (TPSA) is 78.2 Å². The molecule has 2 aromatic carbocycles. The molecule has 5 rings (SSSR count). The summed E-state index contributed by atoms with van der Waals surface area (Å²) in [7, 11) is 0. The molecule has 8 nitrogen and oxygen atoms in total. The van der Waals surface area contributed by atoms with Gasteiger partial charge < -0.3 is 14.4 Å². The van der Waals surface area contributed by atoms with Crippen molar-refractivity contribution in [2.24, 2.45) is 0 Å². The molecule has 0 radical (unpaired) electrons. The second-order valence-corrected chi connectivity index (χ2v) is 8.22. The average molecular weight is 479 g/mol. The van der Waals surface area contributed by atoms with E-state index in [1.807, 2.05) is 36.4 Å². The van der Waals surface area contributed by atoms with Gasteiger partial charge in [-0.2, -0.15) is 8.78 Å². The zero-order chi connectivity index (χ0) is 24.0. The summed E-state index contributed by atoms with van der Waals surface area (Å²) in [6.45, 7) is -2.43. The lowest BCUT2D eigenvalue weighted by atomic mass is 10.1. The molecule has 0 unspecified atom stereocenters. The number of benzene rings is 2. The maximum absolute atomic E-state index is 13.1. The maximum atomic E-state index is 13.1. The summed E-state index contributed by atoms with van der Waals surface area (Å²) >= 11 is 0. The third-order valence-corrected chi connectivity index (χ3v) is 5.86. The molecule has 10 heteroatoms. The van der Waals surface area contributed by atoms with Crippen LogP contribution < -0.4 is 14.4 Å². The molecule has 1 fully saturated rings. The van der Waals surface area contributed by atoms with E-state index in [1.54, 1.807) is 24.5 Å². The Morgan fingerprint density at radius 3 is 2.49 bits per heavy atom. The Morgan fingerprint density at radius 2 is 1.80 bits per heavy atom. The van der Waals surface area contributed by atoms with E-state index in [1.165, 1.54) is 17.2 Å². The summed E-state index contributed by atoms with van der Waals surface area (Å²) in [5.74, 6) is 0.346. The Bertz CT molecular complexity index is 1220. The minimum atomic E-state index is -2.93. The van der Waals surface area contributed by atoms with Crippen molar-refractivity contribution in [3.63, 3.8) is 0 Å². The van der Waals surface area contributed by atoms with Crippen LogP contribution in [0.2, 0.25) is 0 Å². The molecular formula is C25H24F2N6O2. The molecule has 1 aliphatic carbocycles. The fraction of sp³-hybridized carbons (Fsp3) is 0.280. The molecule has 0 aliphatic heterocycles. The van der Waals surface area contributed by atoms with Gasteiger partial charge in [-0.3, -0.25) is 4.98 Å². The lowest BCUT2D eigenvalue weighted by Crippen LogP contribution is -2.18. The molecule has 0 N–H and O–H groups in total. The van der Waals surface area contributed by atoms with E-state index < -0.39 is 6.61 Å². The van der Waals surface area contributed by atoms with Gasteiger partial charge in [-0.1, -0.05) is 6.07 Å². The third kappa shape index (κ3) is 5.53. The molecule has 0 spiro atoms. The number of anilines is 2. The van der Waals surface area contributed by atoms with Crippen LogP contribution in [0, 0.1) is 0 Å². The molecule has 0 amide bonds. The zero-order valence-electron chi connectivity index (χ0n) is 18.9. The number of hydrogen-bond donors (Lipinski definition) is 0. The number of alkyl halides is 2. The SMILES string of the molecule is FC(F)Oc1ccc(N(Cc2cccnc2)c2ccc(-n3ncnn3)cc2)cc1OC1CCCC1. The van der Waals surface area contributed by atoms with Gasteiger partial charge in [0.2, 0.25) is 0 Å². The fourth-order valence-corrected chi connectivity index (χ4v) is 4.19. The third-order valence-electron chi connectivity index (χ3n) is 5.86. The number of pyridine rings is 1. The van der Waals surface area contributed by atoms with Gasteiger partial charge in [0.1, 0.15) is 0 Å². The van der Waals surface area contributed by atoms with E-state index in [-0.39, 0.29) is 11.9 Å². The highest BCUT2D eigenvalue weighted by atomic mass is 19.3. The summed E-state index contributed by atoms with van der Waals surface area (Å²) in [6.07, 6.45) is 8.81. The maximum Gasteiger partial charge on any atom is 0.387 e. The lowest BCUT2D eigenvalue weighted by Gasteiger charge is -2.27. The Morgan fingerprint density at radius 1 is 1.00 bits per heavy atom. The second kappa shape index (κ2) is 10.5. The normalized spacial score (nSPS) is 13.8. The van der Waals surface area contributed by atoms with Crippen molar-refractivity contribution in [2.45, 2.75) is 44.9 Å². The Balaban J connectivity index is 1.51.